The maximum Gasteiger partial charge on any atom is 0.257 e. The lowest BCUT2D eigenvalue weighted by molar-refractivity contribution is -0.122. The first-order valence-electron chi connectivity index (χ1n) is 7.11. The molecular formula is C17H17Cl2NO2S. The zero-order valence-electron chi connectivity index (χ0n) is 12.4. The molecule has 0 spiro atoms. The molecule has 2 rings (SSSR count). The second-order valence-corrected chi connectivity index (χ2v) is 6.69. The number of hydrogen-bond donors (Lipinski definition) is 1. The molecule has 0 saturated carbocycles. The molecule has 0 unspecified atom stereocenters. The summed E-state index contributed by atoms with van der Waals surface area (Å²) in [6.45, 7) is 0.572. The first-order chi connectivity index (χ1) is 11.1. The van der Waals surface area contributed by atoms with Crippen LogP contribution in [0.5, 0.6) is 5.75 Å². The highest BCUT2D eigenvalue weighted by molar-refractivity contribution is 7.98. The van der Waals surface area contributed by atoms with Gasteiger partial charge in [-0.1, -0.05) is 47.5 Å². The maximum absolute atomic E-state index is 11.7. The van der Waals surface area contributed by atoms with Gasteiger partial charge in [-0.25, -0.2) is 0 Å². The van der Waals surface area contributed by atoms with E-state index in [2.05, 4.69) is 5.32 Å². The predicted molar refractivity (Wildman–Crippen MR) is 97.6 cm³/mol. The Bertz CT molecular complexity index is 652. The number of ether oxygens (including phenoxy) is 1. The lowest BCUT2D eigenvalue weighted by Crippen LogP contribution is -2.30. The van der Waals surface area contributed by atoms with Crippen molar-refractivity contribution >= 4 is 40.9 Å². The highest BCUT2D eigenvalue weighted by Gasteiger charge is 2.03. The van der Waals surface area contributed by atoms with Gasteiger partial charge in [-0.3, -0.25) is 4.79 Å². The topological polar surface area (TPSA) is 38.3 Å². The van der Waals surface area contributed by atoms with E-state index < -0.39 is 0 Å². The van der Waals surface area contributed by atoms with Gasteiger partial charge < -0.3 is 10.1 Å². The van der Waals surface area contributed by atoms with Crippen LogP contribution in [-0.2, 0) is 10.5 Å². The number of benzene rings is 2. The lowest BCUT2D eigenvalue weighted by atomic mass is 10.2. The van der Waals surface area contributed by atoms with Crippen LogP contribution in [0.1, 0.15) is 5.56 Å². The van der Waals surface area contributed by atoms with Gasteiger partial charge in [0.15, 0.2) is 6.61 Å². The van der Waals surface area contributed by atoms with Crippen LogP contribution in [0.2, 0.25) is 10.0 Å². The summed E-state index contributed by atoms with van der Waals surface area (Å²) in [5.41, 5.74) is 1.11. The van der Waals surface area contributed by atoms with E-state index in [0.29, 0.717) is 17.3 Å². The van der Waals surface area contributed by atoms with Gasteiger partial charge in [-0.15, -0.1) is 0 Å². The van der Waals surface area contributed by atoms with Crippen LogP contribution in [0.4, 0.5) is 0 Å². The normalized spacial score (nSPS) is 10.3. The van der Waals surface area contributed by atoms with E-state index in [1.807, 2.05) is 24.3 Å². The maximum atomic E-state index is 11.7. The van der Waals surface area contributed by atoms with E-state index in [1.54, 1.807) is 36.0 Å². The fraction of sp³-hybridized carbons (Fsp3) is 0.235. The summed E-state index contributed by atoms with van der Waals surface area (Å²) in [5.74, 6) is 2.08. The molecule has 0 aromatic heterocycles. The Morgan fingerprint density at radius 1 is 1.13 bits per heavy atom. The summed E-state index contributed by atoms with van der Waals surface area (Å²) in [7, 11) is 0. The van der Waals surface area contributed by atoms with Crippen LogP contribution in [-0.4, -0.2) is 24.8 Å². The number of rotatable bonds is 8. The van der Waals surface area contributed by atoms with Gasteiger partial charge in [-0.2, -0.15) is 11.8 Å². The van der Waals surface area contributed by atoms with Gasteiger partial charge in [-0.05, 0) is 29.8 Å². The summed E-state index contributed by atoms with van der Waals surface area (Å²) in [4.78, 5) is 11.7. The van der Waals surface area contributed by atoms with Gasteiger partial charge in [0.25, 0.3) is 5.91 Å². The molecule has 6 heteroatoms. The van der Waals surface area contributed by atoms with Crippen LogP contribution in [0.25, 0.3) is 0 Å². The molecule has 3 nitrogen and oxygen atoms in total. The minimum absolute atomic E-state index is 0.0183. The molecule has 0 bridgehead atoms. The van der Waals surface area contributed by atoms with E-state index in [9.17, 15) is 4.79 Å². The van der Waals surface area contributed by atoms with Crippen LogP contribution in [0.3, 0.4) is 0 Å². The van der Waals surface area contributed by atoms with Gasteiger partial charge >= 0.3 is 0 Å². The van der Waals surface area contributed by atoms with E-state index in [0.717, 1.165) is 22.1 Å². The molecule has 1 amide bonds. The Morgan fingerprint density at radius 2 is 1.96 bits per heavy atom. The molecule has 0 atom stereocenters. The van der Waals surface area contributed by atoms with Crippen molar-refractivity contribution < 1.29 is 9.53 Å². The third kappa shape index (κ3) is 6.73. The van der Waals surface area contributed by atoms with E-state index >= 15 is 0 Å². The van der Waals surface area contributed by atoms with Crippen molar-refractivity contribution in [1.29, 1.82) is 0 Å². The zero-order chi connectivity index (χ0) is 16.5. The van der Waals surface area contributed by atoms with E-state index in [1.165, 1.54) is 0 Å². The predicted octanol–water partition coefficient (Wildman–Crippen LogP) is 4.42. The van der Waals surface area contributed by atoms with Crippen molar-refractivity contribution in [2.75, 3.05) is 18.9 Å². The second-order valence-electron chi connectivity index (χ2n) is 4.74. The molecule has 122 valence electrons. The lowest BCUT2D eigenvalue weighted by Gasteiger charge is -2.08. The SMILES string of the molecule is O=C(COc1cccc(Cl)c1)NCCSCc1ccccc1Cl. The second kappa shape index (κ2) is 9.71. The standard InChI is InChI=1S/C17H17Cl2NO2S/c18-14-5-3-6-15(10-14)22-11-17(21)20-8-9-23-12-13-4-1-2-7-16(13)19/h1-7,10H,8-9,11-12H2,(H,20,21). The summed E-state index contributed by atoms with van der Waals surface area (Å²) < 4.78 is 5.37. The van der Waals surface area contributed by atoms with Crippen LogP contribution >= 0.6 is 35.0 Å². The van der Waals surface area contributed by atoms with E-state index in [-0.39, 0.29) is 12.5 Å². The van der Waals surface area contributed by atoms with Gasteiger partial charge in [0, 0.05) is 28.1 Å². The Labute approximate surface area is 150 Å². The molecule has 2 aromatic rings. The number of halogens is 2. The molecule has 2 aromatic carbocycles. The van der Waals surface area contributed by atoms with Crippen molar-refractivity contribution in [3.63, 3.8) is 0 Å². The summed E-state index contributed by atoms with van der Waals surface area (Å²) >= 11 is 13.7. The molecule has 0 fully saturated rings. The van der Waals surface area contributed by atoms with Gasteiger partial charge in [0.05, 0.1) is 0 Å². The monoisotopic (exact) mass is 369 g/mol. The summed E-state index contributed by atoms with van der Waals surface area (Å²) in [6, 6.07) is 14.7. The number of nitrogens with one attached hydrogen (secondary N) is 1. The Morgan fingerprint density at radius 3 is 2.74 bits per heavy atom. The van der Waals surface area contributed by atoms with Crippen LogP contribution in [0, 0.1) is 0 Å². The minimum Gasteiger partial charge on any atom is -0.484 e. The summed E-state index contributed by atoms with van der Waals surface area (Å²) in [6.07, 6.45) is 0. The quantitative estimate of drug-likeness (QED) is 0.699. The molecule has 23 heavy (non-hydrogen) atoms. The Kier molecular flexibility index (Phi) is 7.59. The molecule has 1 N–H and O–H groups in total. The van der Waals surface area contributed by atoms with Crippen molar-refractivity contribution in [2.45, 2.75) is 5.75 Å². The minimum atomic E-state index is -0.150. The van der Waals surface area contributed by atoms with Crippen molar-refractivity contribution in [2.24, 2.45) is 0 Å². The molecular weight excluding hydrogens is 353 g/mol. The molecule has 0 heterocycles. The third-order valence-corrected chi connectivity index (χ3v) is 4.56. The zero-order valence-corrected chi connectivity index (χ0v) is 14.8. The van der Waals surface area contributed by atoms with Crippen LogP contribution in [0.15, 0.2) is 48.5 Å². The highest BCUT2D eigenvalue weighted by atomic mass is 35.5. The average Bonchev–Trinajstić information content (AvgIpc) is 2.54. The Balaban J connectivity index is 1.59. The fourth-order valence-corrected chi connectivity index (χ4v) is 3.14. The largest absolute Gasteiger partial charge is 0.484 e. The Hall–Kier alpha value is -1.36. The molecule has 0 aliphatic heterocycles. The van der Waals surface area contributed by atoms with Crippen LogP contribution < -0.4 is 10.1 Å². The number of thioether (sulfide) groups is 1. The number of carbonyl (C=O) groups is 1. The average molecular weight is 370 g/mol. The third-order valence-electron chi connectivity index (χ3n) is 2.95. The van der Waals surface area contributed by atoms with Crippen molar-refractivity contribution in [3.8, 4) is 5.75 Å². The van der Waals surface area contributed by atoms with Crippen molar-refractivity contribution in [3.05, 3.63) is 64.1 Å². The first-order valence-corrected chi connectivity index (χ1v) is 9.02. The number of carbonyl (C=O) groups excluding carboxylic acids is 1. The van der Waals surface area contributed by atoms with E-state index in [4.69, 9.17) is 27.9 Å². The van der Waals surface area contributed by atoms with Gasteiger partial charge in [0.1, 0.15) is 5.75 Å². The molecule has 0 aliphatic rings. The molecule has 0 radical (unpaired) electrons. The highest BCUT2D eigenvalue weighted by Crippen LogP contribution is 2.20. The van der Waals surface area contributed by atoms with Gasteiger partial charge in [0.2, 0.25) is 0 Å². The first kappa shape index (κ1) is 18.0. The van der Waals surface area contributed by atoms with Crippen molar-refractivity contribution in [1.82, 2.24) is 5.32 Å². The molecule has 0 saturated heterocycles. The fourth-order valence-electron chi connectivity index (χ4n) is 1.82. The number of hydrogen-bond acceptors (Lipinski definition) is 3. The smallest absolute Gasteiger partial charge is 0.257 e. The summed E-state index contributed by atoms with van der Waals surface area (Å²) in [5, 5.41) is 4.18. The molecule has 0 aliphatic carbocycles. The number of amides is 1.